The number of benzene rings is 4. The zero-order valence-electron chi connectivity index (χ0n) is 43.5. The summed E-state index contributed by atoms with van der Waals surface area (Å²) in [7, 11) is 3.03. The highest BCUT2D eigenvalue weighted by molar-refractivity contribution is 6.34. The van der Waals surface area contributed by atoms with Crippen molar-refractivity contribution in [2.24, 2.45) is 0 Å². The number of carbonyl (C=O) groups is 4. The van der Waals surface area contributed by atoms with Gasteiger partial charge in [-0.15, -0.1) is 0 Å². The minimum Gasteiger partial charge on any atom is -0.495 e. The molecule has 14 nitrogen and oxygen atoms in total. The van der Waals surface area contributed by atoms with Gasteiger partial charge in [-0.1, -0.05) is 49.2 Å². The van der Waals surface area contributed by atoms with Gasteiger partial charge >= 0.3 is 24.1 Å². The molecule has 16 heteroatoms. The third-order valence-corrected chi connectivity index (χ3v) is 15.6. The van der Waals surface area contributed by atoms with Gasteiger partial charge in [0.15, 0.2) is 0 Å². The average molecular weight is 1020 g/mol. The maximum atomic E-state index is 14.5. The second-order valence-corrected chi connectivity index (χ2v) is 20.6. The summed E-state index contributed by atoms with van der Waals surface area (Å²) < 4.78 is 49.1. The van der Waals surface area contributed by atoms with Crippen LogP contribution in [0.1, 0.15) is 112 Å². The van der Waals surface area contributed by atoms with Gasteiger partial charge in [0, 0.05) is 49.3 Å². The molecule has 0 saturated carbocycles. The summed E-state index contributed by atoms with van der Waals surface area (Å²) in [6.45, 7) is 8.62. The molecule has 0 aromatic heterocycles. The molecule has 74 heavy (non-hydrogen) atoms. The van der Waals surface area contributed by atoms with E-state index in [4.69, 9.17) is 18.9 Å². The van der Waals surface area contributed by atoms with Gasteiger partial charge in [0.25, 0.3) is 0 Å². The molecule has 2 amide bonds. The number of unbranched alkanes of at least 4 members (excludes halogenated alkanes) is 2. The zero-order valence-corrected chi connectivity index (χ0v) is 43.5. The van der Waals surface area contributed by atoms with Gasteiger partial charge in [-0.2, -0.15) is 0 Å². The first-order chi connectivity index (χ1) is 35.9. The van der Waals surface area contributed by atoms with Crippen LogP contribution in [0.3, 0.4) is 0 Å². The summed E-state index contributed by atoms with van der Waals surface area (Å²) in [6, 6.07) is 23.9. The van der Waals surface area contributed by atoms with E-state index < -0.39 is 24.1 Å². The molecule has 4 fully saturated rings. The Bertz CT molecular complexity index is 2330. The maximum Gasteiger partial charge on any atom is 0.426 e. The van der Waals surface area contributed by atoms with E-state index in [1.807, 2.05) is 38.1 Å². The van der Waals surface area contributed by atoms with Crippen LogP contribution in [0.15, 0.2) is 84.9 Å². The second kappa shape index (κ2) is 26.0. The second-order valence-electron chi connectivity index (χ2n) is 20.6. The van der Waals surface area contributed by atoms with Crippen LogP contribution in [0.25, 0.3) is 0 Å². The van der Waals surface area contributed by atoms with Gasteiger partial charge in [-0.05, 0) is 188 Å². The lowest BCUT2D eigenvalue weighted by molar-refractivity contribution is -0.159. The highest BCUT2D eigenvalue weighted by Crippen LogP contribution is 2.42. The molecule has 4 bridgehead atoms. The van der Waals surface area contributed by atoms with Crippen molar-refractivity contribution in [2.75, 3.05) is 50.2 Å². The standard InChI is InChI=1S/C58H74F2N6O8/c1-39-15-25-53(71-3)51(31-39)65(49-33-45-11-9-12-46(34-49)63(45)29-7-5-27-61-37-41-17-21-43(59)22-18-41)57(69)73-55(67)56(68)74-58(70)66(52-32-40(2)16-26-54(52)72-4)50-35-47-13-10-14-48(36-50)64(47)30-8-6-28-62-38-42-19-23-44(60)24-20-42/h15-26,31-32,45-50,61-62H,5-14,27-30,33-38H2,1-4H3. The Morgan fingerprint density at radius 3 is 1.26 bits per heavy atom. The number of anilines is 2. The van der Waals surface area contributed by atoms with Gasteiger partial charge in [-0.25, -0.2) is 28.0 Å². The fraction of sp³-hybridized carbons (Fsp3) is 0.517. The number of hydrogen-bond acceptors (Lipinski definition) is 12. The van der Waals surface area contributed by atoms with Crippen LogP contribution < -0.4 is 29.9 Å². The summed E-state index contributed by atoms with van der Waals surface area (Å²) >= 11 is 0. The molecule has 4 aliphatic heterocycles. The van der Waals surface area contributed by atoms with Crippen molar-refractivity contribution in [3.63, 3.8) is 0 Å². The lowest BCUT2D eigenvalue weighted by Gasteiger charge is -2.51. The molecule has 4 aromatic carbocycles. The first-order valence-electron chi connectivity index (χ1n) is 26.7. The summed E-state index contributed by atoms with van der Waals surface area (Å²) in [6.07, 6.45) is 10.2. The first-order valence-corrected chi connectivity index (χ1v) is 26.7. The van der Waals surface area contributed by atoms with Gasteiger partial charge in [-0.3, -0.25) is 19.6 Å². The van der Waals surface area contributed by atoms with E-state index in [0.717, 1.165) is 113 Å². The number of ether oxygens (including phenoxy) is 4. The molecule has 0 spiro atoms. The van der Waals surface area contributed by atoms with Crippen LogP contribution in [-0.4, -0.2) is 111 Å². The molecular weight excluding hydrogens is 947 g/mol. The summed E-state index contributed by atoms with van der Waals surface area (Å²) in [4.78, 5) is 64.7. The Kier molecular flexibility index (Phi) is 19.1. The van der Waals surface area contributed by atoms with Crippen molar-refractivity contribution in [3.05, 3.63) is 119 Å². The monoisotopic (exact) mass is 1020 g/mol. The average Bonchev–Trinajstić information content (AvgIpc) is 3.37. The van der Waals surface area contributed by atoms with Crippen molar-refractivity contribution in [1.29, 1.82) is 0 Å². The van der Waals surface area contributed by atoms with Gasteiger partial charge < -0.3 is 29.6 Å². The molecule has 8 rings (SSSR count). The van der Waals surface area contributed by atoms with E-state index >= 15 is 0 Å². The number of esters is 2. The van der Waals surface area contributed by atoms with Gasteiger partial charge in [0.1, 0.15) is 23.1 Å². The van der Waals surface area contributed by atoms with Crippen molar-refractivity contribution < 1.29 is 46.9 Å². The molecule has 4 heterocycles. The molecule has 4 saturated heterocycles. The Morgan fingerprint density at radius 1 is 0.541 bits per heavy atom. The van der Waals surface area contributed by atoms with Crippen LogP contribution >= 0.6 is 0 Å². The van der Waals surface area contributed by atoms with E-state index in [2.05, 4.69) is 20.4 Å². The number of aryl methyl sites for hydroxylation is 2. The number of nitrogens with one attached hydrogen (secondary N) is 2. The lowest BCUT2D eigenvalue weighted by atomic mass is 9.81. The highest BCUT2D eigenvalue weighted by atomic mass is 19.1. The van der Waals surface area contributed by atoms with Crippen LogP contribution in [0.4, 0.5) is 29.7 Å². The molecule has 0 aliphatic carbocycles. The number of nitrogens with zero attached hydrogens (tertiary/aromatic N) is 4. The number of fused-ring (bicyclic) bond motifs is 4. The molecule has 0 radical (unpaired) electrons. The van der Waals surface area contributed by atoms with Crippen molar-refractivity contribution >= 4 is 35.5 Å². The number of halogens is 2. The van der Waals surface area contributed by atoms with Crippen LogP contribution in [0, 0.1) is 25.5 Å². The predicted molar refractivity (Wildman–Crippen MR) is 280 cm³/mol. The molecule has 4 unspecified atom stereocenters. The van der Waals surface area contributed by atoms with E-state index in [0.29, 0.717) is 61.6 Å². The lowest BCUT2D eigenvalue weighted by Crippen LogP contribution is -2.58. The number of piperidine rings is 4. The van der Waals surface area contributed by atoms with Gasteiger partial charge in [0.2, 0.25) is 0 Å². The molecular formula is C58H74F2N6O8. The fourth-order valence-electron chi connectivity index (χ4n) is 12.0. The normalized spacial score (nSPS) is 21.6. The molecule has 4 aromatic rings. The Labute approximate surface area is 435 Å². The van der Waals surface area contributed by atoms with Crippen molar-refractivity contribution in [2.45, 2.75) is 153 Å². The minimum absolute atomic E-state index is 0.183. The fourth-order valence-corrected chi connectivity index (χ4v) is 12.0. The topological polar surface area (TPSA) is 142 Å². The number of rotatable bonds is 20. The Balaban J connectivity index is 0.912. The van der Waals surface area contributed by atoms with Crippen LogP contribution in [0.2, 0.25) is 0 Å². The van der Waals surface area contributed by atoms with Crippen LogP contribution in [-0.2, 0) is 32.2 Å². The van der Waals surface area contributed by atoms with E-state index in [-0.39, 0.29) is 47.9 Å². The summed E-state index contributed by atoms with van der Waals surface area (Å²) in [5, 5.41) is 6.92. The number of methoxy groups -OCH3 is 2. The highest BCUT2D eigenvalue weighted by Gasteiger charge is 2.45. The molecule has 2 N–H and O–H groups in total. The van der Waals surface area contributed by atoms with Gasteiger partial charge in [0.05, 0.1) is 25.6 Å². The van der Waals surface area contributed by atoms with Crippen molar-refractivity contribution in [3.8, 4) is 11.5 Å². The van der Waals surface area contributed by atoms with E-state index in [1.54, 1.807) is 36.4 Å². The minimum atomic E-state index is -1.60. The summed E-state index contributed by atoms with van der Waals surface area (Å²) in [5.41, 5.74) is 4.63. The predicted octanol–water partition coefficient (Wildman–Crippen LogP) is 10.1. The molecule has 398 valence electrons. The first kappa shape index (κ1) is 54.3. The maximum absolute atomic E-state index is 14.5. The zero-order chi connectivity index (χ0) is 52.1. The number of hydrogen-bond donors (Lipinski definition) is 2. The molecule has 4 aliphatic rings. The smallest absolute Gasteiger partial charge is 0.426 e. The van der Waals surface area contributed by atoms with Crippen molar-refractivity contribution in [1.82, 2.24) is 20.4 Å². The Morgan fingerprint density at radius 2 is 0.905 bits per heavy atom. The Hall–Kier alpha value is -5.94. The third kappa shape index (κ3) is 13.9. The summed E-state index contributed by atoms with van der Waals surface area (Å²) in [5.74, 6) is -2.87. The SMILES string of the molecule is COc1ccc(C)cc1N(C(=O)OC(=O)C(=O)OC(=O)N(c1cc(C)ccc1OC)C1CC2CCCC(C1)N2CCCCNCc1ccc(F)cc1)C1CC2CCCC(C1)N2CCCCNCc1ccc(F)cc1. The van der Waals surface area contributed by atoms with E-state index in [9.17, 15) is 28.0 Å². The number of amides is 2. The quantitative estimate of drug-likeness (QED) is 0.0377. The van der Waals surface area contributed by atoms with E-state index in [1.165, 1.54) is 48.3 Å². The third-order valence-electron chi connectivity index (χ3n) is 15.6. The molecule has 4 atom stereocenters. The van der Waals surface area contributed by atoms with Crippen LogP contribution in [0.5, 0.6) is 11.5 Å². The largest absolute Gasteiger partial charge is 0.495 e. The number of carbonyl (C=O) groups excluding carboxylic acids is 4.